The second kappa shape index (κ2) is 8.92. The van der Waals surface area contributed by atoms with Crippen LogP contribution in [0.25, 0.3) is 0 Å². The van der Waals surface area contributed by atoms with Crippen LogP contribution in [0.5, 0.6) is 5.75 Å². The summed E-state index contributed by atoms with van der Waals surface area (Å²) in [6.07, 6.45) is 2.30. The average molecular weight is 354 g/mol. The number of likely N-dealkylation sites (tertiary alicyclic amines) is 1. The number of nitrogens with zero attached hydrogens (tertiary/aromatic N) is 2. The Kier molecular flexibility index (Phi) is 6.62. The van der Waals surface area contributed by atoms with E-state index in [9.17, 15) is 8.78 Å². The highest BCUT2D eigenvalue weighted by atomic mass is 19.3. The Bertz CT molecular complexity index is 530. The van der Waals surface area contributed by atoms with Gasteiger partial charge in [-0.05, 0) is 44.8 Å². The van der Waals surface area contributed by atoms with Crippen LogP contribution in [-0.2, 0) is 11.3 Å². The molecule has 4 nitrogen and oxygen atoms in total. The molecule has 0 saturated carbocycles. The molecule has 0 N–H and O–H groups in total. The van der Waals surface area contributed by atoms with E-state index < -0.39 is 6.61 Å². The lowest BCUT2D eigenvalue weighted by Crippen LogP contribution is -2.48. The summed E-state index contributed by atoms with van der Waals surface area (Å²) < 4.78 is 35.2. The molecule has 0 bridgehead atoms. The zero-order valence-electron chi connectivity index (χ0n) is 14.9. The number of hydrogen-bond acceptors (Lipinski definition) is 4. The van der Waals surface area contributed by atoms with Gasteiger partial charge in [0, 0.05) is 31.2 Å². The molecule has 6 heteroatoms. The van der Waals surface area contributed by atoms with Crippen molar-refractivity contribution in [2.45, 2.75) is 39.0 Å². The largest absolute Gasteiger partial charge is 0.434 e. The van der Waals surface area contributed by atoms with Crippen molar-refractivity contribution in [3.05, 3.63) is 29.8 Å². The van der Waals surface area contributed by atoms with Crippen LogP contribution in [0.1, 0.15) is 25.3 Å². The minimum Gasteiger partial charge on any atom is -0.434 e. The standard InChI is InChI=1S/C19H28F2N2O2/c1-15(23-10-12-24-13-11-23)16-6-8-22(9-7-16)14-17-4-2-3-5-18(17)25-19(20)21/h2-5,15-16,19H,6-14H2,1H3/t15-/m1/s1. The molecule has 25 heavy (non-hydrogen) atoms. The summed E-state index contributed by atoms with van der Waals surface area (Å²) in [5.41, 5.74) is 0.836. The van der Waals surface area contributed by atoms with Crippen LogP contribution in [0.3, 0.4) is 0 Å². The summed E-state index contributed by atoms with van der Waals surface area (Å²) in [6.45, 7) is 5.96. The van der Waals surface area contributed by atoms with Crippen LogP contribution < -0.4 is 4.74 Å². The van der Waals surface area contributed by atoms with Gasteiger partial charge >= 0.3 is 6.61 Å². The van der Waals surface area contributed by atoms with Gasteiger partial charge in [0.1, 0.15) is 5.75 Å². The van der Waals surface area contributed by atoms with Crippen molar-refractivity contribution in [3.8, 4) is 5.75 Å². The van der Waals surface area contributed by atoms with Crippen LogP contribution in [0, 0.1) is 5.92 Å². The van der Waals surface area contributed by atoms with E-state index in [0.717, 1.165) is 57.8 Å². The number of hydrogen-bond donors (Lipinski definition) is 0. The molecule has 0 aromatic heterocycles. The molecule has 0 radical (unpaired) electrons. The molecule has 140 valence electrons. The lowest BCUT2D eigenvalue weighted by atomic mass is 9.89. The fourth-order valence-electron chi connectivity index (χ4n) is 3.96. The molecule has 0 spiro atoms. The molecule has 0 unspecified atom stereocenters. The Morgan fingerprint density at radius 1 is 1.12 bits per heavy atom. The van der Waals surface area contributed by atoms with Gasteiger partial charge in [-0.25, -0.2) is 0 Å². The molecule has 1 atom stereocenters. The zero-order chi connectivity index (χ0) is 17.6. The minimum atomic E-state index is -2.78. The van der Waals surface area contributed by atoms with E-state index in [2.05, 4.69) is 21.5 Å². The van der Waals surface area contributed by atoms with Crippen LogP contribution in [-0.4, -0.2) is 61.8 Å². The van der Waals surface area contributed by atoms with E-state index in [-0.39, 0.29) is 0 Å². The molecule has 2 fully saturated rings. The van der Waals surface area contributed by atoms with E-state index in [1.54, 1.807) is 12.1 Å². The van der Waals surface area contributed by atoms with Gasteiger partial charge in [-0.1, -0.05) is 18.2 Å². The number of halogens is 2. The fourth-order valence-corrected chi connectivity index (χ4v) is 3.96. The highest BCUT2D eigenvalue weighted by molar-refractivity contribution is 5.33. The Morgan fingerprint density at radius 3 is 2.48 bits per heavy atom. The number of para-hydroxylation sites is 1. The molecule has 2 aliphatic rings. The van der Waals surface area contributed by atoms with Crippen molar-refractivity contribution in [1.29, 1.82) is 0 Å². The second-order valence-corrected chi connectivity index (χ2v) is 6.99. The summed E-state index contributed by atoms with van der Waals surface area (Å²) in [4.78, 5) is 4.88. The van der Waals surface area contributed by atoms with Crippen molar-refractivity contribution in [3.63, 3.8) is 0 Å². The van der Waals surface area contributed by atoms with Crippen molar-refractivity contribution >= 4 is 0 Å². The number of ether oxygens (including phenoxy) is 2. The molecule has 0 aliphatic carbocycles. The van der Waals surface area contributed by atoms with Crippen LogP contribution >= 0.6 is 0 Å². The number of alkyl halides is 2. The summed E-state index contributed by atoms with van der Waals surface area (Å²) in [6, 6.07) is 7.69. The van der Waals surface area contributed by atoms with Gasteiger partial charge in [0.2, 0.25) is 0 Å². The van der Waals surface area contributed by atoms with Gasteiger partial charge in [-0.3, -0.25) is 9.80 Å². The molecule has 2 heterocycles. The van der Waals surface area contributed by atoms with Crippen molar-refractivity contribution < 1.29 is 18.3 Å². The smallest absolute Gasteiger partial charge is 0.387 e. The predicted molar refractivity (Wildman–Crippen MR) is 92.9 cm³/mol. The molecule has 3 rings (SSSR count). The second-order valence-electron chi connectivity index (χ2n) is 6.99. The van der Waals surface area contributed by atoms with Crippen LogP contribution in [0.4, 0.5) is 8.78 Å². The highest BCUT2D eigenvalue weighted by Crippen LogP contribution is 2.27. The highest BCUT2D eigenvalue weighted by Gasteiger charge is 2.28. The number of piperidine rings is 1. The van der Waals surface area contributed by atoms with Gasteiger partial charge in [-0.2, -0.15) is 8.78 Å². The fraction of sp³-hybridized carbons (Fsp3) is 0.684. The van der Waals surface area contributed by atoms with Crippen molar-refractivity contribution in [2.75, 3.05) is 39.4 Å². The van der Waals surface area contributed by atoms with Gasteiger partial charge in [0.25, 0.3) is 0 Å². The first kappa shape index (κ1) is 18.5. The monoisotopic (exact) mass is 354 g/mol. The molecule has 1 aromatic rings. The number of morpholine rings is 1. The Balaban J connectivity index is 1.51. The van der Waals surface area contributed by atoms with Gasteiger partial charge in [-0.15, -0.1) is 0 Å². The first-order chi connectivity index (χ1) is 12.1. The topological polar surface area (TPSA) is 24.9 Å². The Hall–Kier alpha value is -1.24. The lowest BCUT2D eigenvalue weighted by molar-refractivity contribution is -0.0509. The van der Waals surface area contributed by atoms with Gasteiger partial charge in [0.05, 0.1) is 13.2 Å². The Labute approximate surface area is 148 Å². The van der Waals surface area contributed by atoms with Gasteiger partial charge < -0.3 is 9.47 Å². The summed E-state index contributed by atoms with van der Waals surface area (Å²) >= 11 is 0. The first-order valence-corrected chi connectivity index (χ1v) is 9.20. The van der Waals surface area contributed by atoms with E-state index >= 15 is 0 Å². The third-order valence-electron chi connectivity index (χ3n) is 5.52. The van der Waals surface area contributed by atoms with Crippen LogP contribution in [0.2, 0.25) is 0 Å². The summed E-state index contributed by atoms with van der Waals surface area (Å²) in [5.74, 6) is 0.989. The molecule has 2 aliphatic heterocycles. The molecule has 0 amide bonds. The van der Waals surface area contributed by atoms with E-state index in [1.165, 1.54) is 0 Å². The Morgan fingerprint density at radius 2 is 1.80 bits per heavy atom. The lowest BCUT2D eigenvalue weighted by Gasteiger charge is -2.41. The summed E-state index contributed by atoms with van der Waals surface area (Å²) in [5, 5.41) is 0. The van der Waals surface area contributed by atoms with E-state index in [4.69, 9.17) is 4.74 Å². The zero-order valence-corrected chi connectivity index (χ0v) is 14.9. The van der Waals surface area contributed by atoms with Gasteiger partial charge in [0.15, 0.2) is 0 Å². The SMILES string of the molecule is C[C@H](C1CCN(Cc2ccccc2OC(F)F)CC1)N1CCOCC1. The predicted octanol–water partition coefficient (Wildman–Crippen LogP) is 3.22. The molecule has 2 saturated heterocycles. The molecular weight excluding hydrogens is 326 g/mol. The maximum atomic E-state index is 12.5. The maximum Gasteiger partial charge on any atom is 0.387 e. The summed E-state index contributed by atoms with van der Waals surface area (Å²) in [7, 11) is 0. The third-order valence-corrected chi connectivity index (χ3v) is 5.52. The normalized spacial score (nSPS) is 22.2. The van der Waals surface area contributed by atoms with E-state index in [0.29, 0.717) is 24.3 Å². The quantitative estimate of drug-likeness (QED) is 0.783. The van der Waals surface area contributed by atoms with Crippen LogP contribution in [0.15, 0.2) is 24.3 Å². The van der Waals surface area contributed by atoms with E-state index in [1.807, 2.05) is 12.1 Å². The maximum absolute atomic E-state index is 12.5. The minimum absolute atomic E-state index is 0.293. The molecule has 1 aromatic carbocycles. The number of rotatable bonds is 6. The first-order valence-electron chi connectivity index (χ1n) is 9.20. The van der Waals surface area contributed by atoms with Crippen molar-refractivity contribution in [2.24, 2.45) is 5.92 Å². The number of benzene rings is 1. The average Bonchev–Trinajstić information content (AvgIpc) is 2.64. The molecular formula is C19H28F2N2O2. The third kappa shape index (κ3) is 5.12. The van der Waals surface area contributed by atoms with Crippen molar-refractivity contribution in [1.82, 2.24) is 9.80 Å².